The number of aromatic hydroxyl groups is 2. The highest BCUT2D eigenvalue weighted by molar-refractivity contribution is 9.09. The van der Waals surface area contributed by atoms with Crippen LogP contribution in [0, 0.1) is 80.1 Å². The number of phenolic OH excluding ortho intramolecular Hbond substituents is 2. The van der Waals surface area contributed by atoms with Crippen LogP contribution in [0.5, 0.6) is 34.5 Å². The predicted molar refractivity (Wildman–Crippen MR) is 323 cm³/mol. The SMILES string of the molecule is COc1cc(N2C(=O)[C@@H](C)[C@@H]2c2ccc(C)c(O)c2)cc(C)c1C.COc1cc(N2C(=O)[C@@H](CBr)[C@@H]2c2ccc(C)c(OCc3ccccc3)c2)cc(C)c1C.COc1cc(N2C(=O)[C@@H](CO)[C@@H]2c2ccc(C)c(O)c2)cc(C)c1C. The molecule has 6 atom stereocenters. The highest BCUT2D eigenvalue weighted by Crippen LogP contribution is 2.49. The second-order valence-electron chi connectivity index (χ2n) is 21.5. The number of β-lactam (4-membered cyclic amide) rings is 3. The lowest BCUT2D eigenvalue weighted by Crippen LogP contribution is -2.56. The van der Waals surface area contributed by atoms with Crippen molar-refractivity contribution in [1.82, 2.24) is 0 Å². The zero-order valence-corrected chi connectivity index (χ0v) is 50.1. The lowest BCUT2D eigenvalue weighted by atomic mass is 9.81. The molecule has 3 fully saturated rings. The fraction of sp³-hybridized carbons (Fsp3) is 0.328. The summed E-state index contributed by atoms with van der Waals surface area (Å²) in [5.41, 5.74) is 15.5. The van der Waals surface area contributed by atoms with E-state index in [9.17, 15) is 29.7 Å². The number of anilines is 3. The molecule has 14 heteroatoms. The first-order valence-electron chi connectivity index (χ1n) is 27.2. The maximum Gasteiger partial charge on any atom is 0.235 e. The van der Waals surface area contributed by atoms with E-state index in [2.05, 4.69) is 52.3 Å². The fourth-order valence-electron chi connectivity index (χ4n) is 10.9. The number of aliphatic hydroxyl groups is 1. The predicted octanol–water partition coefficient (Wildman–Crippen LogP) is 13.4. The molecule has 0 bridgehead atoms. The van der Waals surface area contributed by atoms with Crippen LogP contribution in [0.4, 0.5) is 17.1 Å². The molecule has 0 unspecified atom stereocenters. The number of alkyl halides is 1. The molecule has 0 saturated carbocycles. The Hall–Kier alpha value is -7.81. The van der Waals surface area contributed by atoms with Crippen molar-refractivity contribution in [2.75, 3.05) is 48.0 Å². The lowest BCUT2D eigenvalue weighted by molar-refractivity contribution is -0.132. The number of phenols is 2. The Kier molecular flexibility index (Phi) is 18.2. The number of benzene rings is 7. The highest BCUT2D eigenvalue weighted by Gasteiger charge is 2.50. The van der Waals surface area contributed by atoms with Crippen molar-refractivity contribution in [3.63, 3.8) is 0 Å². The molecule has 0 radical (unpaired) electrons. The van der Waals surface area contributed by atoms with Gasteiger partial charge in [0.2, 0.25) is 17.7 Å². The molecule has 3 heterocycles. The molecule has 3 aliphatic rings. The van der Waals surface area contributed by atoms with E-state index < -0.39 is 5.92 Å². The number of rotatable bonds is 14. The van der Waals surface area contributed by atoms with Gasteiger partial charge < -0.3 is 49.0 Å². The molecule has 0 aromatic heterocycles. The third kappa shape index (κ3) is 11.7. The van der Waals surface area contributed by atoms with Crippen LogP contribution in [0.25, 0.3) is 0 Å². The van der Waals surface area contributed by atoms with E-state index in [0.29, 0.717) is 11.9 Å². The average Bonchev–Trinajstić information content (AvgIpc) is 2.88. The van der Waals surface area contributed by atoms with Crippen LogP contribution in [0.2, 0.25) is 0 Å². The van der Waals surface area contributed by atoms with Gasteiger partial charge in [-0.3, -0.25) is 14.4 Å². The minimum atomic E-state index is -0.505. The van der Waals surface area contributed by atoms with Gasteiger partial charge in [-0.15, -0.1) is 0 Å². The summed E-state index contributed by atoms with van der Waals surface area (Å²) in [7, 11) is 4.91. The molecule has 3 N–H and O–H groups in total. The second-order valence-corrected chi connectivity index (χ2v) is 22.1. The van der Waals surface area contributed by atoms with E-state index in [1.807, 2.05) is 147 Å². The molecule has 0 spiro atoms. The standard InChI is InChI=1S/C27H28BrNO3.C20H23NO4.C20H23NO3/c1-17-10-11-21(13-24(17)32-16-20-8-6-5-7-9-20)26-23(15-28)27(30)29(26)22-12-18(2)19(3)25(14-22)31-4;1-11-5-6-14(8-17(11)23)19-16(10-22)20(24)21(19)15-7-12(2)13(3)18(9-15)25-4;1-11-6-7-15(9-17(11)22)19-14(4)20(23)21(19)16-8-12(2)13(3)18(10-16)24-5/h5-14,23,26H,15-16H2,1-4H3;5-9,16,19,22-23H,10H2,1-4H3;6-10,14,19,22H,1-5H3/t23-,26-;16-,19-;14-,19+/m000/s1. The number of aliphatic hydroxyl groups excluding tert-OH is 1. The molecule has 7 aromatic rings. The van der Waals surface area contributed by atoms with Crippen molar-refractivity contribution in [2.45, 2.75) is 94.0 Å². The topological polar surface area (TPSA) is 159 Å². The molecule has 424 valence electrons. The van der Waals surface area contributed by atoms with E-state index in [1.165, 1.54) is 0 Å². The van der Waals surface area contributed by atoms with Crippen LogP contribution in [0.1, 0.15) is 97.4 Å². The van der Waals surface area contributed by atoms with Crippen molar-refractivity contribution in [3.8, 4) is 34.5 Å². The quantitative estimate of drug-likeness (QED) is 0.0707. The first kappa shape index (κ1) is 59.3. The Morgan fingerprint density at radius 2 is 0.852 bits per heavy atom. The van der Waals surface area contributed by atoms with Crippen molar-refractivity contribution in [3.05, 3.63) is 194 Å². The fourth-order valence-corrected chi connectivity index (χ4v) is 11.5. The summed E-state index contributed by atoms with van der Waals surface area (Å²) < 4.78 is 22.6. The van der Waals surface area contributed by atoms with E-state index in [1.54, 1.807) is 43.3 Å². The van der Waals surface area contributed by atoms with Gasteiger partial charge in [0.05, 0.1) is 63.8 Å². The Labute approximate surface area is 484 Å². The average molecular weight is 1160 g/mol. The van der Waals surface area contributed by atoms with Gasteiger partial charge in [-0.2, -0.15) is 0 Å². The third-order valence-corrected chi connectivity index (χ3v) is 17.1. The summed E-state index contributed by atoms with van der Waals surface area (Å²) in [6, 6.07) is 38.7. The number of halogens is 1. The summed E-state index contributed by atoms with van der Waals surface area (Å²) in [5.74, 6) is 2.93. The van der Waals surface area contributed by atoms with Crippen molar-refractivity contribution in [1.29, 1.82) is 0 Å². The zero-order chi connectivity index (χ0) is 58.7. The van der Waals surface area contributed by atoms with E-state index in [4.69, 9.17) is 18.9 Å². The number of hydrogen-bond donors (Lipinski definition) is 3. The van der Waals surface area contributed by atoms with E-state index in [-0.39, 0.29) is 65.8 Å². The van der Waals surface area contributed by atoms with Crippen LogP contribution in [0.3, 0.4) is 0 Å². The summed E-state index contributed by atoms with van der Waals surface area (Å²) in [6.45, 7) is 20.0. The van der Waals surface area contributed by atoms with Crippen LogP contribution < -0.4 is 33.6 Å². The Balaban J connectivity index is 0.000000162. The van der Waals surface area contributed by atoms with Gasteiger partial charge in [0.15, 0.2) is 0 Å². The van der Waals surface area contributed by atoms with Crippen molar-refractivity contribution < 1.29 is 48.7 Å². The lowest BCUT2D eigenvalue weighted by Gasteiger charge is -2.47. The molecule has 7 aromatic carbocycles. The van der Waals surface area contributed by atoms with Gasteiger partial charge in [0.25, 0.3) is 0 Å². The number of hydrogen-bond acceptors (Lipinski definition) is 10. The van der Waals surface area contributed by atoms with Gasteiger partial charge in [0.1, 0.15) is 41.1 Å². The van der Waals surface area contributed by atoms with E-state index >= 15 is 0 Å². The van der Waals surface area contributed by atoms with Crippen LogP contribution in [-0.4, -0.2) is 66.3 Å². The molecule has 3 saturated heterocycles. The van der Waals surface area contributed by atoms with Gasteiger partial charge in [-0.25, -0.2) is 0 Å². The maximum atomic E-state index is 13.1. The first-order valence-corrected chi connectivity index (χ1v) is 28.3. The summed E-state index contributed by atoms with van der Waals surface area (Å²) in [5, 5.41) is 30.3. The largest absolute Gasteiger partial charge is 0.508 e. The highest BCUT2D eigenvalue weighted by atomic mass is 79.9. The van der Waals surface area contributed by atoms with E-state index in [0.717, 1.165) is 112 Å². The molecule has 0 aliphatic carbocycles. The summed E-state index contributed by atoms with van der Waals surface area (Å²) >= 11 is 3.55. The zero-order valence-electron chi connectivity index (χ0n) is 48.6. The number of aryl methyl sites for hydroxylation is 6. The van der Waals surface area contributed by atoms with Crippen LogP contribution in [-0.2, 0) is 21.0 Å². The number of amides is 3. The number of methoxy groups -OCH3 is 3. The first-order chi connectivity index (χ1) is 38.7. The summed E-state index contributed by atoms with van der Waals surface area (Å²) in [6.07, 6.45) is 0. The molecule has 3 amide bonds. The molecular formula is C67H74BrN3O10. The molecule has 13 nitrogen and oxygen atoms in total. The number of carbonyl (C=O) groups excluding carboxylic acids is 3. The van der Waals surface area contributed by atoms with Gasteiger partial charge >= 0.3 is 0 Å². The van der Waals surface area contributed by atoms with Crippen LogP contribution >= 0.6 is 15.9 Å². The van der Waals surface area contributed by atoms with Crippen LogP contribution in [0.15, 0.2) is 121 Å². The molecular weight excluding hydrogens is 1090 g/mol. The number of carbonyl (C=O) groups is 3. The van der Waals surface area contributed by atoms with Gasteiger partial charge in [0, 0.05) is 40.6 Å². The smallest absolute Gasteiger partial charge is 0.235 e. The maximum absolute atomic E-state index is 13.1. The Morgan fingerprint density at radius 1 is 0.457 bits per heavy atom. The monoisotopic (exact) mass is 1160 g/mol. The normalized spacial score (nSPS) is 19.0. The third-order valence-electron chi connectivity index (χ3n) is 16.4. The second kappa shape index (κ2) is 24.9. The molecule has 3 aliphatic heterocycles. The summed E-state index contributed by atoms with van der Waals surface area (Å²) in [4.78, 5) is 43.5. The van der Waals surface area contributed by atoms with Crippen molar-refractivity contribution in [2.24, 2.45) is 17.8 Å². The van der Waals surface area contributed by atoms with Crippen molar-refractivity contribution >= 4 is 50.7 Å². The molecule has 10 rings (SSSR count). The Bertz CT molecular complexity index is 3490. The number of nitrogens with zero attached hydrogens (tertiary/aromatic N) is 3. The minimum Gasteiger partial charge on any atom is -0.508 e. The van der Waals surface area contributed by atoms with Gasteiger partial charge in [-0.05, 0) is 171 Å². The van der Waals surface area contributed by atoms with Gasteiger partial charge in [-0.1, -0.05) is 89.6 Å². The number of ether oxygens (including phenoxy) is 4. The molecule has 81 heavy (non-hydrogen) atoms. The Morgan fingerprint density at radius 3 is 1.27 bits per heavy atom. The minimum absolute atomic E-state index is 0.0617.